The molecule has 0 unspecified atom stereocenters. The van der Waals surface area contributed by atoms with Gasteiger partial charge in [-0.15, -0.1) is 0 Å². The molecule has 0 atom stereocenters. The molecule has 0 heterocycles. The van der Waals surface area contributed by atoms with Gasteiger partial charge < -0.3 is 16.4 Å². The zero-order valence-electron chi connectivity index (χ0n) is 9.36. The highest BCUT2D eigenvalue weighted by molar-refractivity contribution is 7.80. The zero-order valence-corrected chi connectivity index (χ0v) is 10.2. The summed E-state index contributed by atoms with van der Waals surface area (Å²) in [6.07, 6.45) is 0. The molecule has 0 aromatic heterocycles. The van der Waals surface area contributed by atoms with Gasteiger partial charge in [-0.3, -0.25) is 4.79 Å². The maximum Gasteiger partial charge on any atom is 0.236 e. The highest BCUT2D eigenvalue weighted by atomic mass is 32.1. The second-order valence-electron chi connectivity index (χ2n) is 3.71. The van der Waals surface area contributed by atoms with E-state index in [4.69, 9.17) is 23.7 Å². The number of rotatable bonds is 4. The van der Waals surface area contributed by atoms with Crippen LogP contribution in [0.4, 0.5) is 5.69 Å². The largest absolute Gasteiger partial charge is 0.389 e. The standard InChI is InChI=1S/C11H15N3OS/c1-7-3-4-9(8(5-7)11(13)16)14(2)6-10(12)15/h3-5H,6H2,1-2H3,(H2,12,15)(H2,13,16). The highest BCUT2D eigenvalue weighted by Gasteiger charge is 2.11. The van der Waals surface area contributed by atoms with E-state index in [0.29, 0.717) is 4.99 Å². The van der Waals surface area contributed by atoms with Crippen LogP contribution in [0.5, 0.6) is 0 Å². The summed E-state index contributed by atoms with van der Waals surface area (Å²) < 4.78 is 0. The number of benzene rings is 1. The van der Waals surface area contributed by atoms with E-state index in [-0.39, 0.29) is 6.54 Å². The number of aryl methyl sites for hydroxylation is 1. The summed E-state index contributed by atoms with van der Waals surface area (Å²) in [7, 11) is 1.78. The van der Waals surface area contributed by atoms with Gasteiger partial charge in [0.2, 0.25) is 5.91 Å². The molecule has 0 spiro atoms. The second kappa shape index (κ2) is 4.94. The van der Waals surface area contributed by atoms with Crippen molar-refractivity contribution in [2.45, 2.75) is 6.92 Å². The number of carbonyl (C=O) groups excluding carboxylic acids is 1. The van der Waals surface area contributed by atoms with Crippen molar-refractivity contribution in [3.8, 4) is 0 Å². The summed E-state index contributed by atoms with van der Waals surface area (Å²) in [6, 6.07) is 5.72. The minimum Gasteiger partial charge on any atom is -0.389 e. The van der Waals surface area contributed by atoms with Gasteiger partial charge in [0.05, 0.1) is 6.54 Å². The molecular weight excluding hydrogens is 222 g/mol. The summed E-state index contributed by atoms with van der Waals surface area (Å²) in [5.41, 5.74) is 13.4. The molecule has 5 heteroatoms. The van der Waals surface area contributed by atoms with E-state index >= 15 is 0 Å². The Balaban J connectivity index is 3.12. The third-order valence-electron chi connectivity index (χ3n) is 2.22. The summed E-state index contributed by atoms with van der Waals surface area (Å²) in [6.45, 7) is 2.10. The SMILES string of the molecule is Cc1ccc(N(C)CC(N)=O)c(C(N)=S)c1. The van der Waals surface area contributed by atoms with Crippen LogP contribution < -0.4 is 16.4 Å². The Morgan fingerprint density at radius 1 is 1.44 bits per heavy atom. The van der Waals surface area contributed by atoms with Crippen molar-refractivity contribution < 1.29 is 4.79 Å². The topological polar surface area (TPSA) is 72.3 Å². The van der Waals surface area contributed by atoms with Crippen molar-refractivity contribution >= 4 is 28.8 Å². The number of likely N-dealkylation sites (N-methyl/N-ethyl adjacent to an activating group) is 1. The molecule has 16 heavy (non-hydrogen) atoms. The molecule has 0 aliphatic carbocycles. The van der Waals surface area contributed by atoms with Gasteiger partial charge in [0.15, 0.2) is 0 Å². The molecular formula is C11H15N3OS. The molecule has 0 aliphatic rings. The molecule has 1 rings (SSSR count). The molecule has 86 valence electrons. The van der Waals surface area contributed by atoms with Gasteiger partial charge in [0.1, 0.15) is 4.99 Å². The van der Waals surface area contributed by atoms with Gasteiger partial charge in [-0.1, -0.05) is 23.8 Å². The van der Waals surface area contributed by atoms with Gasteiger partial charge in [-0.2, -0.15) is 0 Å². The summed E-state index contributed by atoms with van der Waals surface area (Å²) in [5, 5.41) is 0. The van der Waals surface area contributed by atoms with Crippen LogP contribution in [0.3, 0.4) is 0 Å². The first kappa shape index (κ1) is 12.4. The fourth-order valence-electron chi connectivity index (χ4n) is 1.50. The third kappa shape index (κ3) is 2.93. The van der Waals surface area contributed by atoms with Crippen LogP contribution in [0.2, 0.25) is 0 Å². The van der Waals surface area contributed by atoms with Gasteiger partial charge >= 0.3 is 0 Å². The van der Waals surface area contributed by atoms with Gasteiger partial charge in [-0.05, 0) is 19.1 Å². The van der Waals surface area contributed by atoms with Gasteiger partial charge in [0, 0.05) is 18.3 Å². The lowest BCUT2D eigenvalue weighted by Crippen LogP contribution is -2.32. The van der Waals surface area contributed by atoms with Crippen molar-refractivity contribution in [3.05, 3.63) is 29.3 Å². The maximum atomic E-state index is 10.8. The molecule has 1 amide bonds. The van der Waals surface area contributed by atoms with Gasteiger partial charge in [0.25, 0.3) is 0 Å². The number of hydrogen-bond acceptors (Lipinski definition) is 3. The Labute approximate surface area is 100 Å². The van der Waals surface area contributed by atoms with E-state index in [1.165, 1.54) is 0 Å². The molecule has 0 radical (unpaired) electrons. The summed E-state index contributed by atoms with van der Waals surface area (Å²) in [5.74, 6) is -0.392. The average molecular weight is 237 g/mol. The average Bonchev–Trinajstić information content (AvgIpc) is 2.16. The zero-order chi connectivity index (χ0) is 12.3. The second-order valence-corrected chi connectivity index (χ2v) is 4.15. The predicted octanol–water partition coefficient (Wildman–Crippen LogP) is 0.551. The van der Waals surface area contributed by atoms with E-state index < -0.39 is 5.91 Å². The Morgan fingerprint density at radius 3 is 2.56 bits per heavy atom. The minimum atomic E-state index is -0.392. The number of nitrogens with two attached hydrogens (primary N) is 2. The Bertz CT molecular complexity index is 431. The van der Waals surface area contributed by atoms with E-state index in [2.05, 4.69) is 0 Å². The number of thiocarbonyl (C=S) groups is 1. The monoisotopic (exact) mass is 237 g/mol. The van der Waals surface area contributed by atoms with Crippen LogP contribution in [-0.2, 0) is 4.79 Å². The fraction of sp³-hybridized carbons (Fsp3) is 0.273. The van der Waals surface area contributed by atoms with E-state index in [1.54, 1.807) is 11.9 Å². The van der Waals surface area contributed by atoms with Crippen LogP contribution in [0.25, 0.3) is 0 Å². The smallest absolute Gasteiger partial charge is 0.236 e. The lowest BCUT2D eigenvalue weighted by atomic mass is 10.1. The molecule has 0 bridgehead atoms. The van der Waals surface area contributed by atoms with E-state index in [9.17, 15) is 4.79 Å². The number of anilines is 1. The van der Waals surface area contributed by atoms with Crippen molar-refractivity contribution in [1.82, 2.24) is 0 Å². The fourth-order valence-corrected chi connectivity index (χ4v) is 1.66. The quantitative estimate of drug-likeness (QED) is 0.750. The van der Waals surface area contributed by atoms with Gasteiger partial charge in [-0.25, -0.2) is 0 Å². The number of carbonyl (C=O) groups is 1. The normalized spacial score (nSPS) is 9.88. The molecule has 0 saturated heterocycles. The van der Waals surface area contributed by atoms with Crippen molar-refractivity contribution in [2.24, 2.45) is 11.5 Å². The predicted molar refractivity (Wildman–Crippen MR) is 69.5 cm³/mol. The van der Waals surface area contributed by atoms with Crippen molar-refractivity contribution in [1.29, 1.82) is 0 Å². The minimum absolute atomic E-state index is 0.138. The Morgan fingerprint density at radius 2 is 2.06 bits per heavy atom. The lowest BCUT2D eigenvalue weighted by molar-refractivity contribution is -0.116. The van der Waals surface area contributed by atoms with Crippen molar-refractivity contribution in [2.75, 3.05) is 18.5 Å². The molecule has 1 aromatic carbocycles. The highest BCUT2D eigenvalue weighted by Crippen LogP contribution is 2.20. The molecule has 0 aliphatic heterocycles. The van der Waals surface area contributed by atoms with Crippen LogP contribution >= 0.6 is 12.2 Å². The lowest BCUT2D eigenvalue weighted by Gasteiger charge is -2.20. The van der Waals surface area contributed by atoms with E-state index in [0.717, 1.165) is 16.8 Å². The molecule has 0 saturated carbocycles. The molecule has 1 aromatic rings. The van der Waals surface area contributed by atoms with E-state index in [1.807, 2.05) is 25.1 Å². The third-order valence-corrected chi connectivity index (χ3v) is 2.44. The van der Waals surface area contributed by atoms with Crippen LogP contribution in [0.15, 0.2) is 18.2 Å². The first-order chi connectivity index (χ1) is 7.41. The Kier molecular flexibility index (Phi) is 3.84. The number of amides is 1. The number of hydrogen-bond donors (Lipinski definition) is 2. The Hall–Kier alpha value is -1.62. The molecule has 4 N–H and O–H groups in total. The first-order valence-corrected chi connectivity index (χ1v) is 5.22. The molecule has 0 fully saturated rings. The van der Waals surface area contributed by atoms with Crippen LogP contribution in [-0.4, -0.2) is 24.5 Å². The van der Waals surface area contributed by atoms with Crippen molar-refractivity contribution in [3.63, 3.8) is 0 Å². The molecule has 4 nitrogen and oxygen atoms in total. The summed E-state index contributed by atoms with van der Waals surface area (Å²) >= 11 is 4.98. The number of primary amides is 1. The first-order valence-electron chi connectivity index (χ1n) is 4.81. The summed E-state index contributed by atoms with van der Waals surface area (Å²) in [4.78, 5) is 12.9. The van der Waals surface area contributed by atoms with Crippen LogP contribution in [0, 0.1) is 6.92 Å². The van der Waals surface area contributed by atoms with Crippen LogP contribution in [0.1, 0.15) is 11.1 Å². The maximum absolute atomic E-state index is 10.8. The number of nitrogens with zero attached hydrogens (tertiary/aromatic N) is 1.